The van der Waals surface area contributed by atoms with Gasteiger partial charge in [0.25, 0.3) is 0 Å². The number of aromatic nitrogens is 2. The number of halogens is 1. The number of rotatable bonds is 4. The smallest absolute Gasteiger partial charge is 0.0952 e. The minimum atomic E-state index is -0.552. The molecule has 92 valence electrons. The van der Waals surface area contributed by atoms with Crippen molar-refractivity contribution >= 4 is 22.9 Å². The molecule has 2 heterocycles. The van der Waals surface area contributed by atoms with Crippen molar-refractivity contribution in [3.05, 3.63) is 38.8 Å². The molecule has 5 heteroatoms. The second-order valence-corrected chi connectivity index (χ2v) is 5.30. The first kappa shape index (κ1) is 12.6. The van der Waals surface area contributed by atoms with Crippen LogP contribution in [0.15, 0.2) is 17.5 Å². The van der Waals surface area contributed by atoms with Gasteiger partial charge in [0.1, 0.15) is 0 Å². The molecule has 0 radical (unpaired) electrons. The van der Waals surface area contributed by atoms with Crippen molar-refractivity contribution < 1.29 is 5.11 Å². The lowest BCUT2D eigenvalue weighted by Gasteiger charge is -2.10. The van der Waals surface area contributed by atoms with E-state index in [1.807, 2.05) is 36.0 Å². The van der Waals surface area contributed by atoms with Gasteiger partial charge in [-0.25, -0.2) is 0 Å². The number of hydrogen-bond donors (Lipinski definition) is 1. The summed E-state index contributed by atoms with van der Waals surface area (Å²) in [6, 6.07) is 3.82. The quantitative estimate of drug-likeness (QED) is 0.926. The average molecular weight is 271 g/mol. The topological polar surface area (TPSA) is 38.0 Å². The molecular formula is C12H15ClN2OS. The molecule has 0 aliphatic rings. The Morgan fingerprint density at radius 2 is 2.35 bits per heavy atom. The van der Waals surface area contributed by atoms with Gasteiger partial charge in [0, 0.05) is 18.7 Å². The minimum Gasteiger partial charge on any atom is -0.387 e. The van der Waals surface area contributed by atoms with Crippen molar-refractivity contribution in [1.82, 2.24) is 9.78 Å². The monoisotopic (exact) mass is 270 g/mol. The molecule has 0 aliphatic carbocycles. The van der Waals surface area contributed by atoms with Gasteiger partial charge in [-0.3, -0.25) is 4.68 Å². The molecule has 2 aromatic rings. The first-order valence-corrected chi connectivity index (χ1v) is 6.82. The van der Waals surface area contributed by atoms with E-state index in [-0.39, 0.29) is 0 Å². The molecule has 0 spiro atoms. The first-order chi connectivity index (χ1) is 8.11. The van der Waals surface area contributed by atoms with Crippen LogP contribution in [-0.4, -0.2) is 14.9 Å². The molecular weight excluding hydrogens is 256 g/mol. The van der Waals surface area contributed by atoms with Crippen molar-refractivity contribution in [2.45, 2.75) is 32.9 Å². The van der Waals surface area contributed by atoms with Gasteiger partial charge >= 0.3 is 0 Å². The van der Waals surface area contributed by atoms with E-state index >= 15 is 0 Å². The molecule has 0 aromatic carbocycles. The molecule has 1 N–H and O–H groups in total. The Morgan fingerprint density at radius 1 is 1.59 bits per heavy atom. The van der Waals surface area contributed by atoms with Crippen LogP contribution in [-0.2, 0) is 13.0 Å². The second kappa shape index (κ2) is 5.21. The van der Waals surface area contributed by atoms with Gasteiger partial charge in [-0.05, 0) is 31.4 Å². The normalized spacial score (nSPS) is 12.9. The van der Waals surface area contributed by atoms with Crippen LogP contribution in [0.1, 0.15) is 29.3 Å². The van der Waals surface area contributed by atoms with Crippen LogP contribution in [0.25, 0.3) is 0 Å². The molecule has 0 amide bonds. The Hall–Kier alpha value is -0.840. The highest BCUT2D eigenvalue weighted by Gasteiger charge is 2.16. The molecule has 0 saturated heterocycles. The van der Waals surface area contributed by atoms with Crippen LogP contribution >= 0.6 is 22.9 Å². The Kier molecular flexibility index (Phi) is 3.86. The number of thiophene rings is 1. The third-order valence-corrected chi connectivity index (χ3v) is 4.09. The summed E-state index contributed by atoms with van der Waals surface area (Å²) in [6.07, 6.45) is -0.00144. The Morgan fingerprint density at radius 3 is 2.94 bits per heavy atom. The van der Waals surface area contributed by atoms with Crippen LogP contribution in [0.4, 0.5) is 0 Å². The van der Waals surface area contributed by atoms with Crippen molar-refractivity contribution in [1.29, 1.82) is 0 Å². The maximum absolute atomic E-state index is 10.2. The number of aliphatic hydroxyl groups is 1. The number of nitrogens with zero attached hydrogens (tertiary/aromatic N) is 2. The Balaban J connectivity index is 2.18. The molecule has 1 unspecified atom stereocenters. The summed E-state index contributed by atoms with van der Waals surface area (Å²) >= 11 is 7.49. The molecule has 1 atom stereocenters. The maximum Gasteiger partial charge on any atom is 0.0952 e. The molecule has 0 bridgehead atoms. The largest absolute Gasteiger partial charge is 0.387 e. The molecule has 17 heavy (non-hydrogen) atoms. The Bertz CT molecular complexity index is 506. The average Bonchev–Trinajstić information content (AvgIpc) is 2.84. The maximum atomic E-state index is 10.2. The van der Waals surface area contributed by atoms with Crippen molar-refractivity contribution in [2.75, 3.05) is 0 Å². The number of aliphatic hydroxyl groups excluding tert-OH is 1. The van der Waals surface area contributed by atoms with Crippen LogP contribution in [0, 0.1) is 6.92 Å². The molecule has 0 fully saturated rings. The third-order valence-electron chi connectivity index (χ3n) is 2.63. The summed E-state index contributed by atoms with van der Waals surface area (Å²) in [7, 11) is 0. The van der Waals surface area contributed by atoms with Crippen molar-refractivity contribution in [3.63, 3.8) is 0 Å². The standard InChI is InChI=1S/C12H15ClN2OS/c1-3-15-9(6-8(2)14-15)7-11(16)12-10(13)4-5-17-12/h4-6,11,16H,3,7H2,1-2H3. The van der Waals surface area contributed by atoms with Gasteiger partial charge in [0.15, 0.2) is 0 Å². The summed E-state index contributed by atoms with van der Waals surface area (Å²) in [4.78, 5) is 0.827. The van der Waals surface area contributed by atoms with Gasteiger partial charge in [-0.15, -0.1) is 11.3 Å². The SMILES string of the molecule is CCn1nc(C)cc1CC(O)c1sccc1Cl. The highest BCUT2D eigenvalue weighted by Crippen LogP contribution is 2.30. The Labute approximate surface area is 110 Å². The number of aryl methyl sites for hydroxylation is 2. The summed E-state index contributed by atoms with van der Waals surface area (Å²) < 4.78 is 1.92. The van der Waals surface area contributed by atoms with E-state index in [1.165, 1.54) is 11.3 Å². The van der Waals surface area contributed by atoms with E-state index < -0.39 is 6.10 Å². The zero-order valence-corrected chi connectivity index (χ0v) is 11.4. The fourth-order valence-corrected chi connectivity index (χ4v) is 3.04. The van der Waals surface area contributed by atoms with Gasteiger partial charge in [-0.2, -0.15) is 5.10 Å². The van der Waals surface area contributed by atoms with Gasteiger partial charge in [-0.1, -0.05) is 11.6 Å². The number of hydrogen-bond acceptors (Lipinski definition) is 3. The molecule has 0 saturated carbocycles. The van der Waals surface area contributed by atoms with Gasteiger partial charge in [0.05, 0.1) is 21.7 Å². The fourth-order valence-electron chi connectivity index (χ4n) is 1.87. The molecule has 2 aromatic heterocycles. The van der Waals surface area contributed by atoms with Crippen molar-refractivity contribution in [3.8, 4) is 0 Å². The van der Waals surface area contributed by atoms with Crippen LogP contribution in [0.5, 0.6) is 0 Å². The van der Waals surface area contributed by atoms with Crippen LogP contribution < -0.4 is 0 Å². The fraction of sp³-hybridized carbons (Fsp3) is 0.417. The zero-order valence-electron chi connectivity index (χ0n) is 9.85. The lowest BCUT2D eigenvalue weighted by molar-refractivity contribution is 0.179. The van der Waals surface area contributed by atoms with Crippen molar-refractivity contribution in [2.24, 2.45) is 0 Å². The molecule has 3 nitrogen and oxygen atoms in total. The third kappa shape index (κ3) is 2.70. The van der Waals surface area contributed by atoms with E-state index in [0.29, 0.717) is 11.4 Å². The minimum absolute atomic E-state index is 0.551. The molecule has 0 aliphatic heterocycles. The summed E-state index contributed by atoms with van der Waals surface area (Å²) in [6.45, 7) is 4.81. The van der Waals surface area contributed by atoms with Crippen LogP contribution in [0.2, 0.25) is 5.02 Å². The van der Waals surface area contributed by atoms with Gasteiger partial charge < -0.3 is 5.11 Å². The van der Waals surface area contributed by atoms with E-state index in [1.54, 1.807) is 0 Å². The van der Waals surface area contributed by atoms with E-state index in [9.17, 15) is 5.11 Å². The van der Waals surface area contributed by atoms with E-state index in [0.717, 1.165) is 22.8 Å². The summed E-state index contributed by atoms with van der Waals surface area (Å²) in [5, 5.41) is 17.1. The second-order valence-electron chi connectivity index (χ2n) is 3.95. The van der Waals surface area contributed by atoms with E-state index in [2.05, 4.69) is 5.10 Å². The van der Waals surface area contributed by atoms with E-state index in [4.69, 9.17) is 11.6 Å². The van der Waals surface area contributed by atoms with Gasteiger partial charge in [0.2, 0.25) is 0 Å². The predicted octanol–water partition coefficient (Wildman–Crippen LogP) is 3.20. The summed E-state index contributed by atoms with van der Waals surface area (Å²) in [5.41, 5.74) is 2.02. The highest BCUT2D eigenvalue weighted by molar-refractivity contribution is 7.10. The lowest BCUT2D eigenvalue weighted by Crippen LogP contribution is -2.07. The lowest BCUT2D eigenvalue weighted by atomic mass is 10.1. The zero-order chi connectivity index (χ0) is 12.4. The highest BCUT2D eigenvalue weighted by atomic mass is 35.5. The summed E-state index contributed by atoms with van der Waals surface area (Å²) in [5.74, 6) is 0. The predicted molar refractivity (Wildman–Crippen MR) is 70.6 cm³/mol. The van der Waals surface area contributed by atoms with Crippen LogP contribution in [0.3, 0.4) is 0 Å². The molecule has 2 rings (SSSR count). The first-order valence-electron chi connectivity index (χ1n) is 5.56.